The van der Waals surface area contributed by atoms with E-state index in [4.69, 9.17) is 14.1 Å². The van der Waals surface area contributed by atoms with E-state index in [1.165, 1.54) is 6.08 Å². The van der Waals surface area contributed by atoms with Crippen molar-refractivity contribution in [2.24, 2.45) is 0 Å². The van der Waals surface area contributed by atoms with Gasteiger partial charge in [-0.3, -0.25) is 4.79 Å². The summed E-state index contributed by atoms with van der Waals surface area (Å²) in [5.74, 6) is 1.14. The van der Waals surface area contributed by atoms with Gasteiger partial charge in [0.15, 0.2) is 17.3 Å². The Morgan fingerprint density at radius 1 is 1.08 bits per heavy atom. The average Bonchev–Trinajstić information content (AvgIpc) is 3.00. The Kier molecular flexibility index (Phi) is 3.84. The predicted molar refractivity (Wildman–Crippen MR) is 89.6 cm³/mol. The molecule has 0 unspecified atom stereocenters. The number of benzene rings is 2. The van der Waals surface area contributed by atoms with Crippen LogP contribution < -0.4 is 14.9 Å². The summed E-state index contributed by atoms with van der Waals surface area (Å²) < 4.78 is 16.1. The molecule has 0 radical (unpaired) electrons. The van der Waals surface area contributed by atoms with E-state index in [-0.39, 0.29) is 5.78 Å². The highest BCUT2D eigenvalue weighted by molar-refractivity contribution is 6.61. The number of hydrogen-bond acceptors (Lipinski definition) is 5. The summed E-state index contributed by atoms with van der Waals surface area (Å²) in [7, 11) is -0.887. The number of rotatable bonds is 3. The molecule has 24 heavy (non-hydrogen) atoms. The highest BCUT2D eigenvalue weighted by atomic mass is 16.6. The minimum Gasteiger partial charge on any atom is -0.486 e. The Balaban J connectivity index is 1.54. The van der Waals surface area contributed by atoms with E-state index in [2.05, 4.69) is 0 Å². The van der Waals surface area contributed by atoms with Gasteiger partial charge in [-0.25, -0.2) is 0 Å². The van der Waals surface area contributed by atoms with E-state index in [0.29, 0.717) is 36.9 Å². The van der Waals surface area contributed by atoms with E-state index < -0.39 is 7.12 Å². The minimum atomic E-state index is -0.887. The van der Waals surface area contributed by atoms with Crippen LogP contribution in [0, 0.1) is 0 Å². The highest BCUT2D eigenvalue weighted by Crippen LogP contribution is 2.31. The van der Waals surface area contributed by atoms with E-state index in [9.17, 15) is 9.82 Å². The van der Waals surface area contributed by atoms with Gasteiger partial charge in [0.1, 0.15) is 13.2 Å². The van der Waals surface area contributed by atoms with Crippen LogP contribution in [0.25, 0.3) is 6.08 Å². The largest absolute Gasteiger partial charge is 0.491 e. The number of allylic oxidation sites excluding steroid dienone is 1. The lowest BCUT2D eigenvalue weighted by molar-refractivity contribution is 0.104. The zero-order valence-electron chi connectivity index (χ0n) is 12.9. The molecule has 0 fully saturated rings. The van der Waals surface area contributed by atoms with Crippen LogP contribution in [0.1, 0.15) is 21.5 Å². The molecule has 0 saturated heterocycles. The first-order valence-corrected chi connectivity index (χ1v) is 7.75. The van der Waals surface area contributed by atoms with Crippen molar-refractivity contribution >= 4 is 24.4 Å². The molecule has 2 aromatic rings. The number of carbonyl (C=O) groups excluding carboxylic acids is 1. The molecule has 0 saturated carbocycles. The summed E-state index contributed by atoms with van der Waals surface area (Å²) in [5, 5.41) is 9.73. The number of hydrogen-bond donors (Lipinski definition) is 1. The lowest BCUT2D eigenvalue weighted by atomic mass is 9.79. The molecule has 0 aliphatic carbocycles. The zero-order chi connectivity index (χ0) is 16.5. The number of carbonyl (C=O) groups is 1. The first kappa shape index (κ1) is 15.0. The fraction of sp³-hybridized carbons (Fsp3) is 0.167. The fourth-order valence-corrected chi connectivity index (χ4v) is 2.80. The Morgan fingerprint density at radius 2 is 1.92 bits per heavy atom. The van der Waals surface area contributed by atoms with Crippen molar-refractivity contribution in [1.29, 1.82) is 0 Å². The van der Waals surface area contributed by atoms with Gasteiger partial charge in [-0.1, -0.05) is 24.3 Å². The normalized spacial score (nSPS) is 15.6. The van der Waals surface area contributed by atoms with Crippen molar-refractivity contribution < 1.29 is 23.9 Å². The van der Waals surface area contributed by atoms with Gasteiger partial charge in [0.05, 0.1) is 6.61 Å². The number of fused-ring (bicyclic) bond motifs is 2. The van der Waals surface area contributed by atoms with Crippen molar-refractivity contribution in [3.8, 4) is 11.5 Å². The van der Waals surface area contributed by atoms with Gasteiger partial charge >= 0.3 is 7.12 Å². The third-order valence-corrected chi connectivity index (χ3v) is 4.09. The van der Waals surface area contributed by atoms with E-state index >= 15 is 0 Å². The SMILES string of the molecule is O=C(/C=C/c1ccc2c(c1)B(O)OC2)c1ccc2c(c1)OCCO2. The maximum Gasteiger partial charge on any atom is 0.491 e. The standard InChI is InChI=1S/C18H15BO5/c20-16(13-4-6-17-18(10-13)23-8-7-22-17)5-2-12-1-3-14-11-24-19(21)15(14)9-12/h1-6,9-10,21H,7-8,11H2/b5-2+. The van der Waals surface area contributed by atoms with Gasteiger partial charge in [0.25, 0.3) is 0 Å². The molecule has 0 atom stereocenters. The molecule has 2 aliphatic rings. The van der Waals surface area contributed by atoms with Crippen LogP contribution in [-0.4, -0.2) is 31.1 Å². The van der Waals surface area contributed by atoms with Gasteiger partial charge in [-0.2, -0.15) is 0 Å². The second kappa shape index (κ2) is 6.15. The second-order valence-electron chi connectivity index (χ2n) is 5.68. The van der Waals surface area contributed by atoms with Gasteiger partial charge in [-0.15, -0.1) is 0 Å². The summed E-state index contributed by atoms with van der Waals surface area (Å²) in [5.41, 5.74) is 3.10. The van der Waals surface area contributed by atoms with Crippen LogP contribution in [0.15, 0.2) is 42.5 Å². The van der Waals surface area contributed by atoms with Crippen LogP contribution in [0.4, 0.5) is 0 Å². The van der Waals surface area contributed by atoms with E-state index in [1.54, 1.807) is 24.3 Å². The molecule has 0 amide bonds. The average molecular weight is 322 g/mol. The first-order valence-electron chi connectivity index (χ1n) is 7.75. The van der Waals surface area contributed by atoms with Crippen LogP contribution in [-0.2, 0) is 11.3 Å². The lowest BCUT2D eigenvalue weighted by Gasteiger charge is -2.18. The molecular formula is C18H15BO5. The number of ketones is 1. The first-order chi connectivity index (χ1) is 11.7. The molecule has 2 aromatic carbocycles. The molecule has 5 nitrogen and oxygen atoms in total. The highest BCUT2D eigenvalue weighted by Gasteiger charge is 2.26. The van der Waals surface area contributed by atoms with Crippen LogP contribution in [0.2, 0.25) is 0 Å². The molecule has 0 bridgehead atoms. The van der Waals surface area contributed by atoms with Crippen LogP contribution >= 0.6 is 0 Å². The maximum absolute atomic E-state index is 12.3. The monoisotopic (exact) mass is 322 g/mol. The van der Waals surface area contributed by atoms with Crippen molar-refractivity contribution in [1.82, 2.24) is 0 Å². The molecule has 6 heteroatoms. The number of ether oxygens (including phenoxy) is 2. The Bertz CT molecular complexity index is 830. The Labute approximate surface area is 139 Å². The predicted octanol–water partition coefficient (Wildman–Crippen LogP) is 1.57. The molecule has 120 valence electrons. The quantitative estimate of drug-likeness (QED) is 0.528. The fourth-order valence-electron chi connectivity index (χ4n) is 2.80. The Hall–Kier alpha value is -2.57. The topological polar surface area (TPSA) is 65.0 Å². The summed E-state index contributed by atoms with van der Waals surface area (Å²) in [6.07, 6.45) is 3.24. The van der Waals surface area contributed by atoms with Crippen molar-refractivity contribution in [2.75, 3.05) is 13.2 Å². The van der Waals surface area contributed by atoms with Crippen LogP contribution in [0.5, 0.6) is 11.5 Å². The summed E-state index contributed by atoms with van der Waals surface area (Å²) in [4.78, 5) is 12.3. The third-order valence-electron chi connectivity index (χ3n) is 4.09. The lowest BCUT2D eigenvalue weighted by Crippen LogP contribution is -2.28. The molecular weight excluding hydrogens is 307 g/mol. The molecule has 2 heterocycles. The molecule has 0 aromatic heterocycles. The van der Waals surface area contributed by atoms with Gasteiger partial charge in [0, 0.05) is 5.56 Å². The second-order valence-corrected chi connectivity index (χ2v) is 5.68. The van der Waals surface area contributed by atoms with Crippen molar-refractivity contribution in [3.63, 3.8) is 0 Å². The van der Waals surface area contributed by atoms with E-state index in [0.717, 1.165) is 16.6 Å². The summed E-state index contributed by atoms with van der Waals surface area (Å²) >= 11 is 0. The van der Waals surface area contributed by atoms with Crippen molar-refractivity contribution in [2.45, 2.75) is 6.61 Å². The maximum atomic E-state index is 12.3. The Morgan fingerprint density at radius 3 is 2.79 bits per heavy atom. The zero-order valence-corrected chi connectivity index (χ0v) is 12.9. The van der Waals surface area contributed by atoms with Gasteiger partial charge in [0.2, 0.25) is 0 Å². The molecule has 0 spiro atoms. The molecule has 4 rings (SSSR count). The molecule has 1 N–H and O–H groups in total. The van der Waals surface area contributed by atoms with Gasteiger partial charge in [-0.05, 0) is 40.9 Å². The van der Waals surface area contributed by atoms with Gasteiger partial charge < -0.3 is 19.2 Å². The smallest absolute Gasteiger partial charge is 0.486 e. The van der Waals surface area contributed by atoms with Crippen molar-refractivity contribution in [3.05, 3.63) is 59.2 Å². The third kappa shape index (κ3) is 2.82. The summed E-state index contributed by atoms with van der Waals surface area (Å²) in [6.45, 7) is 1.42. The summed E-state index contributed by atoms with van der Waals surface area (Å²) in [6, 6.07) is 10.8. The molecule has 2 aliphatic heterocycles. The minimum absolute atomic E-state index is 0.121. The van der Waals surface area contributed by atoms with Crippen LogP contribution in [0.3, 0.4) is 0 Å². The van der Waals surface area contributed by atoms with E-state index in [1.807, 2.05) is 18.2 Å².